The third kappa shape index (κ3) is 6.87. The zero-order chi connectivity index (χ0) is 31.8. The van der Waals surface area contributed by atoms with Crippen molar-refractivity contribution >= 4 is 35.3 Å². The molecule has 3 heterocycles. The van der Waals surface area contributed by atoms with Crippen molar-refractivity contribution in [2.24, 2.45) is 21.1 Å². The molecule has 0 saturated heterocycles. The Morgan fingerprint density at radius 3 is 1.76 bits per heavy atom. The zero-order valence-electron chi connectivity index (χ0n) is 26.2. The maximum atomic E-state index is 13.5. The van der Waals surface area contributed by atoms with Crippen molar-refractivity contribution in [2.75, 3.05) is 17.7 Å². The minimum absolute atomic E-state index is 0.212. The smallest absolute Gasteiger partial charge is 0.412 e. The highest BCUT2D eigenvalue weighted by atomic mass is 16.6. The normalized spacial score (nSPS) is 12.1. The molecule has 0 bridgehead atoms. The van der Waals surface area contributed by atoms with Gasteiger partial charge in [0.2, 0.25) is 5.91 Å². The number of esters is 2. The molecule has 3 aromatic rings. The topological polar surface area (TPSA) is 135 Å². The van der Waals surface area contributed by atoms with Gasteiger partial charge in [0.05, 0.1) is 23.9 Å². The molecule has 228 valence electrons. The number of methoxy groups -OCH3 is 1. The molecule has 42 heavy (non-hydrogen) atoms. The Hall–Kier alpha value is -4.48. The van der Waals surface area contributed by atoms with E-state index < -0.39 is 34.5 Å². The second-order valence-corrected chi connectivity index (χ2v) is 12.3. The van der Waals surface area contributed by atoms with Gasteiger partial charge in [0.15, 0.2) is 0 Å². The molecule has 0 spiro atoms. The van der Waals surface area contributed by atoms with Crippen LogP contribution in [0.5, 0.6) is 5.75 Å². The van der Waals surface area contributed by atoms with E-state index in [1.54, 1.807) is 103 Å². The fraction of sp³-hybridized carbons (Fsp3) is 0.467. The van der Waals surface area contributed by atoms with Crippen molar-refractivity contribution in [1.29, 1.82) is 0 Å². The first-order valence-electron chi connectivity index (χ1n) is 13.4. The monoisotopic (exact) mass is 583 g/mol. The van der Waals surface area contributed by atoms with Gasteiger partial charge in [-0.05, 0) is 60.6 Å². The summed E-state index contributed by atoms with van der Waals surface area (Å²) in [7, 11) is 6.49. The molecule has 3 aromatic heterocycles. The summed E-state index contributed by atoms with van der Waals surface area (Å²) in [6.07, 6.45) is 4.37. The first-order chi connectivity index (χ1) is 19.3. The summed E-state index contributed by atoms with van der Waals surface area (Å²) in [5.74, 6) is -1.17. The van der Waals surface area contributed by atoms with Gasteiger partial charge >= 0.3 is 18.0 Å². The SMILES string of the molecule is COC(=O)c1cc(OC(=O)C(C)(C)c2cc(NC(=O)C(C)(C)c3cc(NC(=O)OC(C)(C)C)cn3C)cn2C)cn1C. The third-order valence-electron chi connectivity index (χ3n) is 6.86. The van der Waals surface area contributed by atoms with Crippen LogP contribution >= 0.6 is 0 Å². The fourth-order valence-electron chi connectivity index (χ4n) is 4.57. The molecule has 0 radical (unpaired) electrons. The number of hydrogen-bond acceptors (Lipinski definition) is 7. The highest BCUT2D eigenvalue weighted by Crippen LogP contribution is 2.32. The highest BCUT2D eigenvalue weighted by molar-refractivity contribution is 5.99. The molecule has 2 N–H and O–H groups in total. The van der Waals surface area contributed by atoms with Gasteiger partial charge in [0, 0.05) is 57.2 Å². The maximum absolute atomic E-state index is 13.5. The molecule has 12 nitrogen and oxygen atoms in total. The van der Waals surface area contributed by atoms with Crippen molar-refractivity contribution in [3.05, 3.63) is 53.9 Å². The minimum atomic E-state index is -1.10. The molecule has 0 aliphatic heterocycles. The van der Waals surface area contributed by atoms with Gasteiger partial charge in [0.25, 0.3) is 0 Å². The molecule has 0 unspecified atom stereocenters. The Bertz CT molecular complexity index is 1510. The molecule has 0 aliphatic rings. The van der Waals surface area contributed by atoms with Crippen LogP contribution in [0, 0.1) is 0 Å². The van der Waals surface area contributed by atoms with Crippen LogP contribution < -0.4 is 15.4 Å². The average molecular weight is 584 g/mol. The van der Waals surface area contributed by atoms with E-state index in [0.29, 0.717) is 22.8 Å². The second-order valence-electron chi connectivity index (χ2n) is 12.3. The Labute approximate surface area is 245 Å². The van der Waals surface area contributed by atoms with E-state index in [2.05, 4.69) is 10.6 Å². The summed E-state index contributed by atoms with van der Waals surface area (Å²) >= 11 is 0. The van der Waals surface area contributed by atoms with Crippen LogP contribution in [0.15, 0.2) is 36.8 Å². The van der Waals surface area contributed by atoms with Crippen LogP contribution in [0.1, 0.15) is 70.3 Å². The first-order valence-corrected chi connectivity index (χ1v) is 13.4. The summed E-state index contributed by atoms with van der Waals surface area (Å²) in [6.45, 7) is 12.3. The van der Waals surface area contributed by atoms with Crippen LogP contribution in [-0.2, 0) is 51.0 Å². The maximum Gasteiger partial charge on any atom is 0.412 e. The Balaban J connectivity index is 1.76. The number of carbonyl (C=O) groups is 4. The van der Waals surface area contributed by atoms with Gasteiger partial charge in [-0.1, -0.05) is 0 Å². The minimum Gasteiger partial charge on any atom is -0.464 e. The van der Waals surface area contributed by atoms with E-state index in [-0.39, 0.29) is 17.4 Å². The van der Waals surface area contributed by atoms with Crippen molar-refractivity contribution in [3.63, 3.8) is 0 Å². The van der Waals surface area contributed by atoms with E-state index >= 15 is 0 Å². The molecular weight excluding hydrogens is 542 g/mol. The number of hydrogen-bond donors (Lipinski definition) is 2. The van der Waals surface area contributed by atoms with Gasteiger partial charge in [-0.2, -0.15) is 0 Å². The molecule has 0 aliphatic carbocycles. The van der Waals surface area contributed by atoms with Gasteiger partial charge in [-0.3, -0.25) is 14.9 Å². The van der Waals surface area contributed by atoms with E-state index in [4.69, 9.17) is 14.2 Å². The quantitative estimate of drug-likeness (QED) is 0.369. The Morgan fingerprint density at radius 2 is 1.24 bits per heavy atom. The lowest BCUT2D eigenvalue weighted by Crippen LogP contribution is -2.36. The van der Waals surface area contributed by atoms with Crippen molar-refractivity contribution in [3.8, 4) is 5.75 Å². The number of amides is 2. The van der Waals surface area contributed by atoms with Gasteiger partial charge in [-0.25, -0.2) is 9.59 Å². The third-order valence-corrected chi connectivity index (χ3v) is 6.86. The molecule has 0 saturated carbocycles. The largest absolute Gasteiger partial charge is 0.464 e. The van der Waals surface area contributed by atoms with E-state index in [1.165, 1.54) is 23.9 Å². The second kappa shape index (κ2) is 11.4. The van der Waals surface area contributed by atoms with Crippen LogP contribution in [0.3, 0.4) is 0 Å². The van der Waals surface area contributed by atoms with Crippen LogP contribution in [0.25, 0.3) is 0 Å². The first kappa shape index (κ1) is 32.0. The van der Waals surface area contributed by atoms with E-state index in [9.17, 15) is 19.2 Å². The standard InChI is InChI=1S/C30H41N5O7/c1-28(2,3)42-27(39)32-19-13-22(34(9)16-19)29(4,5)25(37)31-18-12-23(35(10)15-18)30(6,7)26(38)41-20-14-21(24(36)40-11)33(8)17-20/h12-17H,1-11H3,(H,31,37)(H,32,39). The van der Waals surface area contributed by atoms with E-state index in [1.807, 2.05) is 0 Å². The molecule has 3 rings (SSSR count). The van der Waals surface area contributed by atoms with Gasteiger partial charge in [0.1, 0.15) is 22.5 Å². The van der Waals surface area contributed by atoms with Gasteiger partial charge in [-0.15, -0.1) is 0 Å². The fourth-order valence-corrected chi connectivity index (χ4v) is 4.57. The molecule has 0 fully saturated rings. The summed E-state index contributed by atoms with van der Waals surface area (Å²) < 4.78 is 20.7. The zero-order valence-corrected chi connectivity index (χ0v) is 26.2. The van der Waals surface area contributed by atoms with Crippen LogP contribution in [0.2, 0.25) is 0 Å². The predicted molar refractivity (Wildman–Crippen MR) is 158 cm³/mol. The summed E-state index contributed by atoms with van der Waals surface area (Å²) in [4.78, 5) is 50.8. The number of aryl methyl sites for hydroxylation is 3. The van der Waals surface area contributed by atoms with Crippen molar-refractivity contribution in [1.82, 2.24) is 13.7 Å². The number of carbonyl (C=O) groups excluding carboxylic acids is 4. The molecule has 0 aromatic carbocycles. The average Bonchev–Trinajstić information content (AvgIpc) is 3.53. The number of nitrogens with zero attached hydrogens (tertiary/aromatic N) is 3. The van der Waals surface area contributed by atoms with Crippen LogP contribution in [-0.4, -0.2) is 50.4 Å². The number of ether oxygens (including phenoxy) is 3. The Kier molecular flexibility index (Phi) is 8.71. The lowest BCUT2D eigenvalue weighted by Gasteiger charge is -2.24. The lowest BCUT2D eigenvalue weighted by atomic mass is 9.87. The number of aromatic nitrogens is 3. The van der Waals surface area contributed by atoms with Crippen molar-refractivity contribution < 1.29 is 33.4 Å². The van der Waals surface area contributed by atoms with Crippen molar-refractivity contribution in [2.45, 2.75) is 64.9 Å². The lowest BCUT2D eigenvalue weighted by molar-refractivity contribution is -0.139. The summed E-state index contributed by atoms with van der Waals surface area (Å²) in [5, 5.41) is 5.65. The summed E-state index contributed by atoms with van der Waals surface area (Å²) in [5.41, 5.74) is -0.214. The van der Waals surface area contributed by atoms with E-state index in [0.717, 1.165) is 0 Å². The molecule has 2 amide bonds. The molecule has 0 atom stereocenters. The van der Waals surface area contributed by atoms with Gasteiger partial charge < -0.3 is 33.2 Å². The number of rotatable bonds is 8. The van der Waals surface area contributed by atoms with Crippen LogP contribution in [0.4, 0.5) is 16.2 Å². The molecular formula is C30H41N5O7. The number of nitrogens with one attached hydrogen (secondary N) is 2. The summed E-state index contributed by atoms with van der Waals surface area (Å²) in [6, 6.07) is 4.89. The highest BCUT2D eigenvalue weighted by Gasteiger charge is 2.37. The Morgan fingerprint density at radius 1 is 0.714 bits per heavy atom. The predicted octanol–water partition coefficient (Wildman–Crippen LogP) is 4.64. The molecule has 12 heteroatoms. The number of anilines is 2.